The molecule has 0 bridgehead atoms. The van der Waals surface area contributed by atoms with Crippen molar-refractivity contribution in [2.45, 2.75) is 17.7 Å². The van der Waals surface area contributed by atoms with Crippen LogP contribution in [0.2, 0.25) is 5.02 Å². The maximum atomic E-state index is 13.5. The van der Waals surface area contributed by atoms with E-state index in [9.17, 15) is 13.8 Å². The molecule has 0 radical (unpaired) electrons. The number of nitrogens with zero attached hydrogens (tertiary/aromatic N) is 1. The number of ether oxygens (including phenoxy) is 1. The SMILES string of the molecule is COc1ccc(-c2cccc(C(=O)N3CCCC3)c2)cc1S(=O)Nc1cccc(NCCNC(=O)c2sccc2Cl)c1. The maximum absolute atomic E-state index is 13.5. The van der Waals surface area contributed by atoms with Gasteiger partial charge in [0.05, 0.1) is 12.1 Å². The van der Waals surface area contributed by atoms with Crippen LogP contribution in [0.1, 0.15) is 32.9 Å². The smallest absolute Gasteiger partial charge is 0.262 e. The molecule has 1 unspecified atom stereocenters. The van der Waals surface area contributed by atoms with Crippen LogP contribution in [-0.2, 0) is 11.0 Å². The van der Waals surface area contributed by atoms with Gasteiger partial charge in [-0.3, -0.25) is 9.59 Å². The molecule has 1 atom stereocenters. The highest BCUT2D eigenvalue weighted by Gasteiger charge is 2.20. The van der Waals surface area contributed by atoms with E-state index in [1.54, 1.807) is 24.6 Å². The van der Waals surface area contributed by atoms with Crippen molar-refractivity contribution < 1.29 is 18.5 Å². The first-order valence-electron chi connectivity index (χ1n) is 13.5. The Hall–Kier alpha value is -3.86. The molecule has 0 aliphatic carbocycles. The van der Waals surface area contributed by atoms with Crippen molar-refractivity contribution in [3.63, 3.8) is 0 Å². The zero-order chi connectivity index (χ0) is 29.5. The van der Waals surface area contributed by atoms with Crippen molar-refractivity contribution in [3.05, 3.63) is 93.6 Å². The van der Waals surface area contributed by atoms with E-state index >= 15 is 0 Å². The van der Waals surface area contributed by atoms with Crippen LogP contribution >= 0.6 is 22.9 Å². The van der Waals surface area contributed by atoms with Gasteiger partial charge in [-0.1, -0.05) is 35.9 Å². The number of amides is 2. The molecule has 1 aliphatic heterocycles. The minimum atomic E-state index is -1.63. The molecule has 2 amide bonds. The number of carbonyl (C=O) groups is 2. The number of carbonyl (C=O) groups excluding carboxylic acids is 2. The van der Waals surface area contributed by atoms with Gasteiger partial charge in [0, 0.05) is 43.1 Å². The number of rotatable bonds is 11. The highest BCUT2D eigenvalue weighted by molar-refractivity contribution is 7.86. The third-order valence-electron chi connectivity index (χ3n) is 6.84. The predicted molar refractivity (Wildman–Crippen MR) is 170 cm³/mol. The van der Waals surface area contributed by atoms with E-state index in [1.165, 1.54) is 11.3 Å². The average molecular weight is 623 g/mol. The summed E-state index contributed by atoms with van der Waals surface area (Å²) in [6, 6.07) is 22.2. The number of nitrogens with one attached hydrogen (secondary N) is 3. The Kier molecular flexibility index (Phi) is 9.78. The molecule has 1 saturated heterocycles. The molecule has 2 heterocycles. The van der Waals surface area contributed by atoms with Crippen LogP contribution in [0.5, 0.6) is 5.75 Å². The van der Waals surface area contributed by atoms with Crippen molar-refractivity contribution >= 4 is 57.1 Å². The molecule has 1 fully saturated rings. The van der Waals surface area contributed by atoms with E-state index in [0.717, 1.165) is 42.7 Å². The second-order valence-corrected chi connectivity index (χ2v) is 12.2. The van der Waals surface area contributed by atoms with Crippen molar-refractivity contribution in [2.75, 3.05) is 43.3 Å². The average Bonchev–Trinajstić information content (AvgIpc) is 3.71. The molecule has 42 heavy (non-hydrogen) atoms. The summed E-state index contributed by atoms with van der Waals surface area (Å²) in [5.41, 5.74) is 3.79. The molecule has 0 spiro atoms. The van der Waals surface area contributed by atoms with Crippen LogP contribution in [0.3, 0.4) is 0 Å². The van der Waals surface area contributed by atoms with Crippen LogP contribution < -0.4 is 20.1 Å². The molecule has 11 heteroatoms. The normalized spacial score (nSPS) is 13.4. The van der Waals surface area contributed by atoms with E-state index < -0.39 is 11.0 Å². The standard InChI is InChI=1S/C31H31ClN4O4S2/c1-40-27-11-10-22(21-6-4-7-23(18-21)31(38)36-15-2-3-16-36)19-28(27)42(39)35-25-9-5-8-24(20-25)33-13-14-34-30(37)29-26(32)12-17-41-29/h4-12,17-20,33,35H,2-3,13-16H2,1H3,(H,34,37). The molecular formula is C31H31ClN4O4S2. The molecule has 4 aromatic rings. The van der Waals surface area contributed by atoms with E-state index in [2.05, 4.69) is 15.4 Å². The Morgan fingerprint density at radius 1 is 0.952 bits per heavy atom. The van der Waals surface area contributed by atoms with Crippen LogP contribution in [0, 0.1) is 0 Å². The van der Waals surface area contributed by atoms with Gasteiger partial charge in [-0.05, 0) is 77.9 Å². The summed E-state index contributed by atoms with van der Waals surface area (Å²) in [6.45, 7) is 2.49. The van der Waals surface area contributed by atoms with Gasteiger partial charge in [-0.25, -0.2) is 4.21 Å². The zero-order valence-electron chi connectivity index (χ0n) is 23.0. The third-order valence-corrected chi connectivity index (χ3v) is 9.32. The molecular weight excluding hydrogens is 592 g/mol. The van der Waals surface area contributed by atoms with E-state index in [1.807, 2.05) is 65.6 Å². The summed E-state index contributed by atoms with van der Waals surface area (Å²) >= 11 is 7.33. The first-order chi connectivity index (χ1) is 20.4. The number of thiophene rings is 1. The Bertz CT molecular complexity index is 1600. The molecule has 8 nitrogen and oxygen atoms in total. The summed E-state index contributed by atoms with van der Waals surface area (Å²) in [6.07, 6.45) is 2.07. The molecule has 0 saturated carbocycles. The van der Waals surface area contributed by atoms with Gasteiger partial charge in [-0.15, -0.1) is 11.3 Å². The molecule has 5 rings (SSSR count). The molecule has 1 aromatic heterocycles. The second-order valence-electron chi connectivity index (χ2n) is 9.68. The number of benzene rings is 3. The number of hydrogen-bond donors (Lipinski definition) is 3. The van der Waals surface area contributed by atoms with Crippen LogP contribution in [0.15, 0.2) is 83.1 Å². The summed E-state index contributed by atoms with van der Waals surface area (Å²) in [5, 5.41) is 8.33. The largest absolute Gasteiger partial charge is 0.495 e. The van der Waals surface area contributed by atoms with Gasteiger partial charge in [0.1, 0.15) is 15.5 Å². The van der Waals surface area contributed by atoms with Gasteiger partial charge in [-0.2, -0.15) is 0 Å². The topological polar surface area (TPSA) is 99.8 Å². The van der Waals surface area contributed by atoms with E-state index in [0.29, 0.717) is 44.9 Å². The van der Waals surface area contributed by atoms with Crippen molar-refractivity contribution in [1.82, 2.24) is 10.2 Å². The van der Waals surface area contributed by atoms with Crippen LogP contribution in [0.25, 0.3) is 11.1 Å². The molecule has 3 N–H and O–H groups in total. The lowest BCUT2D eigenvalue weighted by Crippen LogP contribution is -2.28. The van der Waals surface area contributed by atoms with Crippen molar-refractivity contribution in [2.24, 2.45) is 0 Å². The summed E-state index contributed by atoms with van der Waals surface area (Å²) in [4.78, 5) is 28.0. The van der Waals surface area contributed by atoms with Gasteiger partial charge in [0.15, 0.2) is 11.0 Å². The maximum Gasteiger partial charge on any atom is 0.262 e. The van der Waals surface area contributed by atoms with Crippen LogP contribution in [-0.4, -0.2) is 54.2 Å². The predicted octanol–water partition coefficient (Wildman–Crippen LogP) is 6.29. The summed E-state index contributed by atoms with van der Waals surface area (Å²) < 4.78 is 22.1. The summed E-state index contributed by atoms with van der Waals surface area (Å²) in [5.74, 6) is 0.324. The zero-order valence-corrected chi connectivity index (χ0v) is 25.4. The number of likely N-dealkylation sites (tertiary alicyclic amines) is 1. The Morgan fingerprint density at radius 3 is 2.48 bits per heavy atom. The molecule has 3 aromatic carbocycles. The van der Waals surface area contributed by atoms with Crippen molar-refractivity contribution in [1.29, 1.82) is 0 Å². The Morgan fingerprint density at radius 2 is 1.71 bits per heavy atom. The summed E-state index contributed by atoms with van der Waals surface area (Å²) in [7, 11) is -0.0911. The monoisotopic (exact) mass is 622 g/mol. The number of anilines is 2. The van der Waals surface area contributed by atoms with Gasteiger partial charge in [0.2, 0.25) is 0 Å². The highest BCUT2D eigenvalue weighted by atomic mass is 35.5. The third kappa shape index (κ3) is 7.13. The molecule has 218 valence electrons. The Labute approximate surface area is 256 Å². The van der Waals surface area contributed by atoms with E-state index in [-0.39, 0.29) is 11.8 Å². The molecule has 1 aliphatic rings. The fourth-order valence-electron chi connectivity index (χ4n) is 4.71. The van der Waals surface area contributed by atoms with Gasteiger partial charge < -0.3 is 25.0 Å². The number of methoxy groups -OCH3 is 1. The first-order valence-corrected chi connectivity index (χ1v) is 15.9. The number of hydrogen-bond acceptors (Lipinski definition) is 6. The highest BCUT2D eigenvalue weighted by Crippen LogP contribution is 2.31. The van der Waals surface area contributed by atoms with Crippen molar-refractivity contribution in [3.8, 4) is 16.9 Å². The fourth-order valence-corrected chi connectivity index (χ4v) is 6.79. The quantitative estimate of drug-likeness (QED) is 0.171. The first kappa shape index (κ1) is 29.6. The fraction of sp³-hybridized carbons (Fsp3) is 0.226. The van der Waals surface area contributed by atoms with E-state index in [4.69, 9.17) is 16.3 Å². The minimum absolute atomic E-state index is 0.0381. The lowest BCUT2D eigenvalue weighted by Gasteiger charge is -2.16. The second kappa shape index (κ2) is 13.9. The van der Waals surface area contributed by atoms with Gasteiger partial charge in [0.25, 0.3) is 11.8 Å². The lowest BCUT2D eigenvalue weighted by molar-refractivity contribution is 0.0792. The number of halogens is 1. The Balaban J connectivity index is 1.24. The minimum Gasteiger partial charge on any atom is -0.495 e. The van der Waals surface area contributed by atoms with Crippen LogP contribution in [0.4, 0.5) is 11.4 Å². The van der Waals surface area contributed by atoms with Gasteiger partial charge >= 0.3 is 0 Å². The lowest BCUT2D eigenvalue weighted by atomic mass is 10.0.